The number of rotatable bonds is 8. The van der Waals surface area contributed by atoms with E-state index in [0.29, 0.717) is 15.8 Å². The summed E-state index contributed by atoms with van der Waals surface area (Å²) in [6.45, 7) is 1.82. The molecule has 146 valence electrons. The van der Waals surface area contributed by atoms with Crippen molar-refractivity contribution in [3.63, 3.8) is 0 Å². The highest BCUT2D eigenvalue weighted by atomic mass is 79.9. The number of benzene rings is 2. The highest BCUT2D eigenvalue weighted by molar-refractivity contribution is 9.10. The van der Waals surface area contributed by atoms with Crippen molar-refractivity contribution in [2.45, 2.75) is 24.3 Å². The SMILES string of the molecule is CCOC(=O)CC(NS(=O)(=O)c1cc(Br)ccc1F)c1cccc(OC)c1. The molecule has 9 heteroatoms. The second-order valence-electron chi connectivity index (χ2n) is 5.53. The lowest BCUT2D eigenvalue weighted by molar-refractivity contribution is -0.143. The molecule has 2 aromatic carbocycles. The van der Waals surface area contributed by atoms with Crippen LogP contribution in [0.2, 0.25) is 0 Å². The first-order chi connectivity index (χ1) is 12.8. The van der Waals surface area contributed by atoms with Crippen LogP contribution in [0.4, 0.5) is 4.39 Å². The Hall–Kier alpha value is -1.97. The molecule has 0 heterocycles. The topological polar surface area (TPSA) is 81.7 Å². The van der Waals surface area contributed by atoms with Crippen LogP contribution in [0, 0.1) is 5.82 Å². The molecule has 0 amide bonds. The third-order valence-corrected chi connectivity index (χ3v) is 5.63. The molecule has 0 aromatic heterocycles. The lowest BCUT2D eigenvalue weighted by Gasteiger charge is -2.19. The Morgan fingerprint density at radius 1 is 1.26 bits per heavy atom. The van der Waals surface area contributed by atoms with Gasteiger partial charge < -0.3 is 9.47 Å². The summed E-state index contributed by atoms with van der Waals surface area (Å²) in [5, 5.41) is 0. The van der Waals surface area contributed by atoms with Gasteiger partial charge in [-0.25, -0.2) is 17.5 Å². The van der Waals surface area contributed by atoms with E-state index in [4.69, 9.17) is 9.47 Å². The highest BCUT2D eigenvalue weighted by Crippen LogP contribution is 2.26. The summed E-state index contributed by atoms with van der Waals surface area (Å²) in [4.78, 5) is 11.4. The third kappa shape index (κ3) is 5.75. The van der Waals surface area contributed by atoms with Crippen molar-refractivity contribution in [3.05, 3.63) is 58.3 Å². The van der Waals surface area contributed by atoms with Crippen molar-refractivity contribution in [3.8, 4) is 5.75 Å². The van der Waals surface area contributed by atoms with Crippen molar-refractivity contribution >= 4 is 31.9 Å². The molecule has 0 saturated carbocycles. The summed E-state index contributed by atoms with van der Waals surface area (Å²) in [5.74, 6) is -0.983. The van der Waals surface area contributed by atoms with Crippen LogP contribution >= 0.6 is 15.9 Å². The van der Waals surface area contributed by atoms with Gasteiger partial charge in [0.05, 0.1) is 26.2 Å². The third-order valence-electron chi connectivity index (χ3n) is 3.65. The minimum absolute atomic E-state index is 0.163. The van der Waals surface area contributed by atoms with Crippen LogP contribution in [-0.4, -0.2) is 28.1 Å². The summed E-state index contributed by atoms with van der Waals surface area (Å²) < 4.78 is 52.4. The fourth-order valence-corrected chi connectivity index (χ4v) is 4.25. The Morgan fingerprint density at radius 3 is 2.67 bits per heavy atom. The van der Waals surface area contributed by atoms with Gasteiger partial charge in [0, 0.05) is 4.47 Å². The van der Waals surface area contributed by atoms with Crippen LogP contribution in [-0.2, 0) is 19.6 Å². The fraction of sp³-hybridized carbons (Fsp3) is 0.278. The molecule has 0 bridgehead atoms. The summed E-state index contributed by atoms with van der Waals surface area (Å²) in [6.07, 6.45) is -0.254. The van der Waals surface area contributed by atoms with Crippen molar-refractivity contribution in [2.24, 2.45) is 0 Å². The average Bonchev–Trinajstić information content (AvgIpc) is 2.63. The minimum Gasteiger partial charge on any atom is -0.497 e. The maximum Gasteiger partial charge on any atom is 0.307 e. The van der Waals surface area contributed by atoms with Crippen molar-refractivity contribution in [2.75, 3.05) is 13.7 Å². The van der Waals surface area contributed by atoms with E-state index < -0.39 is 32.7 Å². The molecule has 0 spiro atoms. The molecule has 2 rings (SSSR count). The van der Waals surface area contributed by atoms with Gasteiger partial charge in [-0.05, 0) is 42.8 Å². The summed E-state index contributed by atoms with van der Waals surface area (Å²) in [6, 6.07) is 9.24. The monoisotopic (exact) mass is 459 g/mol. The molecule has 1 N–H and O–H groups in total. The molecular weight excluding hydrogens is 441 g/mol. The van der Waals surface area contributed by atoms with E-state index in [1.54, 1.807) is 31.2 Å². The number of halogens is 2. The molecule has 27 heavy (non-hydrogen) atoms. The van der Waals surface area contributed by atoms with Crippen LogP contribution < -0.4 is 9.46 Å². The number of methoxy groups -OCH3 is 1. The molecule has 0 aliphatic heterocycles. The summed E-state index contributed by atoms with van der Waals surface area (Å²) in [5.41, 5.74) is 0.487. The van der Waals surface area contributed by atoms with Crippen LogP contribution in [0.1, 0.15) is 24.9 Å². The number of hydrogen-bond acceptors (Lipinski definition) is 5. The van der Waals surface area contributed by atoms with Gasteiger partial charge >= 0.3 is 5.97 Å². The zero-order valence-electron chi connectivity index (χ0n) is 14.7. The highest BCUT2D eigenvalue weighted by Gasteiger charge is 2.27. The first-order valence-corrected chi connectivity index (χ1v) is 10.3. The minimum atomic E-state index is -4.24. The molecule has 1 atom stereocenters. The lowest BCUT2D eigenvalue weighted by Crippen LogP contribution is -2.31. The van der Waals surface area contributed by atoms with E-state index in [1.807, 2.05) is 0 Å². The second-order valence-corrected chi connectivity index (χ2v) is 8.13. The average molecular weight is 460 g/mol. The van der Waals surface area contributed by atoms with E-state index in [2.05, 4.69) is 20.7 Å². The Bertz CT molecular complexity index is 920. The molecule has 0 fully saturated rings. The number of hydrogen-bond donors (Lipinski definition) is 1. The van der Waals surface area contributed by atoms with Gasteiger partial charge in [0.15, 0.2) is 0 Å². The van der Waals surface area contributed by atoms with E-state index in [9.17, 15) is 17.6 Å². The molecule has 1 unspecified atom stereocenters. The maximum atomic E-state index is 14.1. The standard InChI is InChI=1S/C18H19BrFNO5S/c1-3-26-18(22)11-16(12-5-4-6-14(9-12)25-2)21-27(23,24)17-10-13(19)7-8-15(17)20/h4-10,16,21H,3,11H2,1-2H3. The Balaban J connectivity index is 2.40. The molecule has 0 aliphatic rings. The van der Waals surface area contributed by atoms with Gasteiger partial charge in [-0.3, -0.25) is 4.79 Å². The molecule has 0 radical (unpaired) electrons. The van der Waals surface area contributed by atoms with Gasteiger partial charge in [-0.2, -0.15) is 0 Å². The van der Waals surface area contributed by atoms with Crippen molar-refractivity contribution < 1.29 is 27.1 Å². The Morgan fingerprint density at radius 2 is 2.00 bits per heavy atom. The zero-order valence-corrected chi connectivity index (χ0v) is 17.1. The maximum absolute atomic E-state index is 14.1. The van der Waals surface area contributed by atoms with Crippen molar-refractivity contribution in [1.82, 2.24) is 4.72 Å². The molecule has 0 aliphatic carbocycles. The van der Waals surface area contributed by atoms with Crippen LogP contribution in [0.3, 0.4) is 0 Å². The van der Waals surface area contributed by atoms with Gasteiger partial charge in [-0.1, -0.05) is 28.1 Å². The summed E-state index contributed by atoms with van der Waals surface area (Å²) >= 11 is 3.13. The predicted octanol–water partition coefficient (Wildman–Crippen LogP) is 3.57. The largest absolute Gasteiger partial charge is 0.497 e. The van der Waals surface area contributed by atoms with Gasteiger partial charge in [0.1, 0.15) is 16.5 Å². The second kappa shape index (κ2) is 9.29. The fourth-order valence-electron chi connectivity index (χ4n) is 2.41. The first-order valence-electron chi connectivity index (χ1n) is 8.03. The van der Waals surface area contributed by atoms with E-state index in [1.165, 1.54) is 13.2 Å². The van der Waals surface area contributed by atoms with Gasteiger partial charge in [0.25, 0.3) is 0 Å². The molecule has 2 aromatic rings. The van der Waals surface area contributed by atoms with E-state index >= 15 is 0 Å². The number of ether oxygens (including phenoxy) is 2. The van der Waals surface area contributed by atoms with Crippen molar-refractivity contribution in [1.29, 1.82) is 0 Å². The Labute approximate surface area is 165 Å². The van der Waals surface area contributed by atoms with Crippen LogP contribution in [0.25, 0.3) is 0 Å². The lowest BCUT2D eigenvalue weighted by atomic mass is 10.0. The molecular formula is C18H19BrFNO5S. The smallest absolute Gasteiger partial charge is 0.307 e. The number of carbonyl (C=O) groups is 1. The first kappa shape index (κ1) is 21.3. The Kier molecular flexibility index (Phi) is 7.34. The predicted molar refractivity (Wildman–Crippen MR) is 101 cm³/mol. The van der Waals surface area contributed by atoms with Crippen LogP contribution in [0.15, 0.2) is 51.8 Å². The number of carbonyl (C=O) groups excluding carboxylic acids is 1. The normalized spacial score (nSPS) is 12.4. The van der Waals surface area contributed by atoms with Gasteiger partial charge in [0.2, 0.25) is 10.0 Å². The molecule has 0 saturated heterocycles. The van der Waals surface area contributed by atoms with Crippen LogP contribution in [0.5, 0.6) is 5.75 Å². The number of sulfonamides is 1. The molecule has 6 nitrogen and oxygen atoms in total. The zero-order chi connectivity index (χ0) is 20.0. The van der Waals surface area contributed by atoms with Gasteiger partial charge in [-0.15, -0.1) is 0 Å². The van der Waals surface area contributed by atoms with E-state index in [-0.39, 0.29) is 13.0 Å². The van der Waals surface area contributed by atoms with E-state index in [0.717, 1.165) is 12.1 Å². The number of nitrogens with one attached hydrogen (secondary N) is 1. The number of esters is 1. The quantitative estimate of drug-likeness (QED) is 0.610. The summed E-state index contributed by atoms with van der Waals surface area (Å²) in [7, 11) is -2.77.